The van der Waals surface area contributed by atoms with Crippen LogP contribution in [0.4, 0.5) is 20.5 Å². The molecule has 3 N–H and O–H groups in total. The second-order valence-corrected chi connectivity index (χ2v) is 9.80. The van der Waals surface area contributed by atoms with Crippen LogP contribution in [-0.4, -0.2) is 58.6 Å². The molecule has 0 bridgehead atoms. The maximum absolute atomic E-state index is 13.1. The van der Waals surface area contributed by atoms with Crippen molar-refractivity contribution in [2.75, 3.05) is 11.9 Å². The summed E-state index contributed by atoms with van der Waals surface area (Å²) < 4.78 is 29.5. The smallest absolute Gasteiger partial charge is 0.345 e. The van der Waals surface area contributed by atoms with Gasteiger partial charge in [-0.3, -0.25) is 4.79 Å². The third kappa shape index (κ3) is 7.15. The van der Waals surface area contributed by atoms with Gasteiger partial charge in [0.2, 0.25) is 5.95 Å². The number of aliphatic hydroxyl groups excluding tert-OH is 1. The second kappa shape index (κ2) is 12.0. The van der Waals surface area contributed by atoms with Gasteiger partial charge in [0.05, 0.1) is 12.2 Å². The number of rotatable bonds is 9. The van der Waals surface area contributed by atoms with E-state index in [0.717, 1.165) is 32.2 Å². The number of aliphatic imine (C=N–C) groups is 1. The largest absolute Gasteiger partial charge is 0.393 e. The number of carbonyl (C=O) groups is 1. The predicted molar refractivity (Wildman–Crippen MR) is 125 cm³/mol. The average molecular weight is 480 g/mol. The number of alkyl halides is 2. The highest BCUT2D eigenvalue weighted by molar-refractivity contribution is 5.98. The molecule has 0 saturated heterocycles. The van der Waals surface area contributed by atoms with Gasteiger partial charge in [-0.25, -0.2) is 9.98 Å². The van der Waals surface area contributed by atoms with E-state index in [9.17, 15) is 18.7 Å². The van der Waals surface area contributed by atoms with Gasteiger partial charge in [-0.1, -0.05) is 6.42 Å². The molecule has 3 saturated carbocycles. The molecule has 1 aromatic heterocycles. The van der Waals surface area contributed by atoms with Crippen LogP contribution in [0.25, 0.3) is 0 Å². The van der Waals surface area contributed by atoms with Crippen LogP contribution >= 0.6 is 0 Å². The zero-order chi connectivity index (χ0) is 23.9. The first-order chi connectivity index (χ1) is 16.5. The fraction of sp³-hybridized carbons (Fsp3) is 0.750. The molecule has 4 rings (SSSR count). The molecule has 1 heterocycles. The van der Waals surface area contributed by atoms with Crippen molar-refractivity contribution >= 4 is 23.9 Å². The lowest BCUT2D eigenvalue weighted by Crippen LogP contribution is -2.39. The van der Waals surface area contributed by atoms with E-state index in [1.54, 1.807) is 0 Å². The fourth-order valence-corrected chi connectivity index (χ4v) is 4.83. The van der Waals surface area contributed by atoms with Crippen LogP contribution in [0.5, 0.6) is 0 Å². The first-order valence-electron chi connectivity index (χ1n) is 12.5. The number of amides is 1. The van der Waals surface area contributed by atoms with E-state index < -0.39 is 12.7 Å². The molecular formula is C24H35F2N5O3. The first-order valence-corrected chi connectivity index (χ1v) is 12.5. The van der Waals surface area contributed by atoms with E-state index in [-0.39, 0.29) is 24.0 Å². The maximum Gasteiger partial charge on any atom is 0.345 e. The van der Waals surface area contributed by atoms with E-state index in [2.05, 4.69) is 30.3 Å². The monoisotopic (exact) mass is 479 g/mol. The fourth-order valence-electron chi connectivity index (χ4n) is 4.83. The minimum absolute atomic E-state index is 0.113. The lowest BCUT2D eigenvalue weighted by molar-refractivity contribution is -0.170. The predicted octanol–water partition coefficient (Wildman–Crippen LogP) is 4.22. The lowest BCUT2D eigenvalue weighted by Gasteiger charge is -2.29. The molecule has 1 aromatic rings. The standard InChI is InChI=1S/C24H35F2N5O3/c25-23(26)34-19-10-6-17(7-11-19)30-22(33)20-14-29-24(28-13-15-2-1-3-15)31-21(20)27-12-16-4-8-18(32)9-5-16/h12,14-19,23,32H,1-11,13H2,(H,30,33)(H,28,29,31). The number of nitrogens with zero attached hydrogens (tertiary/aromatic N) is 3. The molecule has 3 aliphatic carbocycles. The van der Waals surface area contributed by atoms with Crippen molar-refractivity contribution in [2.24, 2.45) is 16.8 Å². The zero-order valence-electron chi connectivity index (χ0n) is 19.5. The summed E-state index contributed by atoms with van der Waals surface area (Å²) in [6.07, 6.45) is 11.6. The van der Waals surface area contributed by atoms with Crippen LogP contribution in [0.1, 0.15) is 81.0 Å². The van der Waals surface area contributed by atoms with Gasteiger partial charge in [0.1, 0.15) is 5.56 Å². The summed E-state index contributed by atoms with van der Waals surface area (Å²) in [6, 6.07) is -0.113. The normalized spacial score (nSPS) is 28.1. The summed E-state index contributed by atoms with van der Waals surface area (Å²) in [5.41, 5.74) is 0.298. The Morgan fingerprint density at radius 2 is 1.88 bits per heavy atom. The van der Waals surface area contributed by atoms with E-state index in [1.807, 2.05) is 6.21 Å². The van der Waals surface area contributed by atoms with Gasteiger partial charge < -0.3 is 20.5 Å². The Labute approximate surface area is 199 Å². The van der Waals surface area contributed by atoms with Gasteiger partial charge in [0.15, 0.2) is 5.82 Å². The Hall–Kier alpha value is -2.20. The van der Waals surface area contributed by atoms with Crippen molar-refractivity contribution in [3.05, 3.63) is 11.8 Å². The van der Waals surface area contributed by atoms with Crippen molar-refractivity contribution in [2.45, 2.75) is 95.5 Å². The van der Waals surface area contributed by atoms with Crippen molar-refractivity contribution in [1.29, 1.82) is 0 Å². The van der Waals surface area contributed by atoms with Crippen LogP contribution in [0, 0.1) is 11.8 Å². The van der Waals surface area contributed by atoms with Crippen LogP contribution < -0.4 is 10.6 Å². The minimum atomic E-state index is -2.77. The molecule has 3 aliphatic rings. The zero-order valence-corrected chi connectivity index (χ0v) is 19.5. The molecule has 0 radical (unpaired) electrons. The van der Waals surface area contributed by atoms with Gasteiger partial charge in [-0.2, -0.15) is 13.8 Å². The topological polar surface area (TPSA) is 109 Å². The summed E-state index contributed by atoms with van der Waals surface area (Å²) in [7, 11) is 0. The third-order valence-electron chi connectivity index (χ3n) is 7.24. The number of hydrogen-bond donors (Lipinski definition) is 3. The average Bonchev–Trinajstić information content (AvgIpc) is 2.79. The number of aliphatic hydroxyl groups is 1. The molecule has 34 heavy (non-hydrogen) atoms. The number of carbonyl (C=O) groups excluding carboxylic acids is 1. The molecule has 8 nitrogen and oxygen atoms in total. The van der Waals surface area contributed by atoms with Gasteiger partial charge in [0.25, 0.3) is 5.91 Å². The van der Waals surface area contributed by atoms with Crippen LogP contribution in [0.2, 0.25) is 0 Å². The van der Waals surface area contributed by atoms with E-state index in [4.69, 9.17) is 0 Å². The highest BCUT2D eigenvalue weighted by atomic mass is 19.3. The second-order valence-electron chi connectivity index (χ2n) is 9.80. The molecular weight excluding hydrogens is 444 g/mol. The highest BCUT2D eigenvalue weighted by Gasteiger charge is 2.27. The van der Waals surface area contributed by atoms with Gasteiger partial charge in [0, 0.05) is 25.0 Å². The third-order valence-corrected chi connectivity index (χ3v) is 7.24. The SMILES string of the molecule is O=C(NC1CCC(OC(F)F)CC1)c1cnc(NCC2CCC2)nc1N=CC1CCC(O)CC1. The summed E-state index contributed by atoms with van der Waals surface area (Å²) in [5.74, 6) is 1.35. The number of hydrogen-bond acceptors (Lipinski definition) is 7. The Morgan fingerprint density at radius 3 is 2.53 bits per heavy atom. The van der Waals surface area contributed by atoms with Crippen molar-refractivity contribution in [3.8, 4) is 0 Å². The Bertz CT molecular complexity index is 836. The summed E-state index contributed by atoms with van der Waals surface area (Å²) in [4.78, 5) is 26.5. The summed E-state index contributed by atoms with van der Waals surface area (Å²) in [6.45, 7) is -1.96. The summed E-state index contributed by atoms with van der Waals surface area (Å²) in [5, 5.41) is 16.0. The van der Waals surface area contributed by atoms with Gasteiger partial charge in [-0.15, -0.1) is 0 Å². The Morgan fingerprint density at radius 1 is 1.15 bits per heavy atom. The molecule has 188 valence electrons. The number of aromatic nitrogens is 2. The van der Waals surface area contributed by atoms with E-state index in [0.29, 0.717) is 48.9 Å². The van der Waals surface area contributed by atoms with Crippen LogP contribution in [0.3, 0.4) is 0 Å². The molecule has 0 spiro atoms. The Balaban J connectivity index is 1.41. The first kappa shape index (κ1) is 24.9. The quantitative estimate of drug-likeness (QED) is 0.458. The van der Waals surface area contributed by atoms with E-state index >= 15 is 0 Å². The lowest BCUT2D eigenvalue weighted by atomic mass is 9.85. The summed E-state index contributed by atoms with van der Waals surface area (Å²) >= 11 is 0. The van der Waals surface area contributed by atoms with Crippen molar-refractivity contribution < 1.29 is 23.4 Å². The number of nitrogens with one attached hydrogen (secondary N) is 2. The Kier molecular flexibility index (Phi) is 8.77. The highest BCUT2D eigenvalue weighted by Crippen LogP contribution is 2.28. The van der Waals surface area contributed by atoms with Crippen molar-refractivity contribution in [1.82, 2.24) is 15.3 Å². The van der Waals surface area contributed by atoms with Gasteiger partial charge >= 0.3 is 6.61 Å². The maximum atomic E-state index is 13.1. The van der Waals surface area contributed by atoms with Gasteiger partial charge in [-0.05, 0) is 76.0 Å². The molecule has 0 atom stereocenters. The molecule has 0 aromatic carbocycles. The number of halogens is 2. The van der Waals surface area contributed by atoms with Crippen LogP contribution in [-0.2, 0) is 4.74 Å². The molecule has 0 unspecified atom stereocenters. The van der Waals surface area contributed by atoms with Crippen LogP contribution in [0.15, 0.2) is 11.2 Å². The number of ether oxygens (including phenoxy) is 1. The molecule has 3 fully saturated rings. The minimum Gasteiger partial charge on any atom is -0.393 e. The van der Waals surface area contributed by atoms with E-state index in [1.165, 1.54) is 25.5 Å². The molecule has 10 heteroatoms. The number of anilines is 1. The molecule has 1 amide bonds. The molecule has 0 aliphatic heterocycles. The van der Waals surface area contributed by atoms with Crippen molar-refractivity contribution in [3.63, 3.8) is 0 Å².